The van der Waals surface area contributed by atoms with Crippen molar-refractivity contribution in [2.45, 2.75) is 20.8 Å². The van der Waals surface area contributed by atoms with E-state index in [1.165, 1.54) is 0 Å². The third-order valence-corrected chi connectivity index (χ3v) is 3.85. The molecule has 0 fully saturated rings. The van der Waals surface area contributed by atoms with E-state index in [1.807, 2.05) is 39.8 Å². The van der Waals surface area contributed by atoms with Crippen molar-refractivity contribution in [2.75, 3.05) is 33.8 Å². The Bertz CT molecular complexity index is 731. The minimum Gasteiger partial charge on any atom is -0.476 e. The standard InChI is InChI=1S/C17H25N5O3/c1-6-25-17-12(15(23)20-21-17)9-13-10(2)14(11(3)19-13)16(24)18-7-8-22(4)5/h9,19H,6-8H2,1-5H3,(H,18,24)(H,20,23)/b12-9-. The number of nitrogens with one attached hydrogen (secondary N) is 3. The summed E-state index contributed by atoms with van der Waals surface area (Å²) in [5, 5.41) is 6.77. The fourth-order valence-corrected chi connectivity index (χ4v) is 2.58. The number of aromatic amines is 1. The minimum absolute atomic E-state index is 0.132. The molecule has 0 atom stereocenters. The molecule has 136 valence electrons. The van der Waals surface area contributed by atoms with E-state index >= 15 is 0 Å². The Morgan fingerprint density at radius 2 is 2.08 bits per heavy atom. The van der Waals surface area contributed by atoms with Gasteiger partial charge in [-0.05, 0) is 46.5 Å². The zero-order valence-electron chi connectivity index (χ0n) is 15.3. The highest BCUT2D eigenvalue weighted by Gasteiger charge is 2.25. The van der Waals surface area contributed by atoms with Crippen molar-refractivity contribution in [1.29, 1.82) is 0 Å². The van der Waals surface area contributed by atoms with Gasteiger partial charge in [-0.2, -0.15) is 0 Å². The largest absolute Gasteiger partial charge is 0.476 e. The second-order valence-corrected chi connectivity index (χ2v) is 6.07. The minimum atomic E-state index is -0.327. The molecular formula is C17H25N5O3. The average molecular weight is 347 g/mol. The number of hydrazone groups is 1. The molecule has 0 unspecified atom stereocenters. The summed E-state index contributed by atoms with van der Waals surface area (Å²) in [5.74, 6) is -0.199. The summed E-state index contributed by atoms with van der Waals surface area (Å²) in [5.41, 5.74) is 5.54. The third kappa shape index (κ3) is 4.27. The Labute approximate surface area is 147 Å². The van der Waals surface area contributed by atoms with Crippen LogP contribution in [0.3, 0.4) is 0 Å². The van der Waals surface area contributed by atoms with Crippen LogP contribution < -0.4 is 10.7 Å². The number of aryl methyl sites for hydroxylation is 1. The summed E-state index contributed by atoms with van der Waals surface area (Å²) < 4.78 is 5.36. The predicted octanol–water partition coefficient (Wildman–Crippen LogP) is 0.786. The summed E-state index contributed by atoms with van der Waals surface area (Å²) in [6.07, 6.45) is 1.66. The molecule has 25 heavy (non-hydrogen) atoms. The first-order valence-electron chi connectivity index (χ1n) is 8.20. The molecule has 0 bridgehead atoms. The first-order valence-corrected chi connectivity index (χ1v) is 8.20. The summed E-state index contributed by atoms with van der Waals surface area (Å²) in [6, 6.07) is 0. The molecule has 0 saturated heterocycles. The Hall–Kier alpha value is -2.61. The maximum Gasteiger partial charge on any atom is 0.277 e. The normalized spacial score (nSPS) is 15.5. The van der Waals surface area contributed by atoms with E-state index in [2.05, 4.69) is 20.8 Å². The van der Waals surface area contributed by atoms with Gasteiger partial charge in [-0.25, -0.2) is 5.43 Å². The van der Waals surface area contributed by atoms with Gasteiger partial charge in [0.05, 0.1) is 12.2 Å². The van der Waals surface area contributed by atoms with Gasteiger partial charge in [0.2, 0.25) is 5.90 Å². The van der Waals surface area contributed by atoms with Crippen molar-refractivity contribution in [3.63, 3.8) is 0 Å². The van der Waals surface area contributed by atoms with Crippen LogP contribution in [0.15, 0.2) is 10.7 Å². The number of amides is 2. The average Bonchev–Trinajstić information content (AvgIpc) is 3.01. The molecule has 0 radical (unpaired) electrons. The van der Waals surface area contributed by atoms with Crippen molar-refractivity contribution >= 4 is 23.8 Å². The molecule has 0 spiro atoms. The molecule has 1 aromatic rings. The smallest absolute Gasteiger partial charge is 0.277 e. The molecule has 0 aliphatic carbocycles. The number of hydrogen-bond donors (Lipinski definition) is 3. The number of ether oxygens (including phenoxy) is 1. The maximum atomic E-state index is 12.5. The zero-order chi connectivity index (χ0) is 18.6. The topological polar surface area (TPSA) is 98.8 Å². The molecule has 1 aliphatic rings. The second kappa shape index (κ2) is 7.98. The quantitative estimate of drug-likeness (QED) is 0.663. The zero-order valence-corrected chi connectivity index (χ0v) is 15.3. The lowest BCUT2D eigenvalue weighted by atomic mass is 10.1. The highest BCUT2D eigenvalue weighted by molar-refractivity contribution is 6.24. The molecule has 3 N–H and O–H groups in total. The highest BCUT2D eigenvalue weighted by Crippen LogP contribution is 2.21. The number of H-pyrrole nitrogens is 1. The number of likely N-dealkylation sites (N-methyl/N-ethyl adjacent to an activating group) is 1. The van der Waals surface area contributed by atoms with Gasteiger partial charge >= 0.3 is 0 Å². The summed E-state index contributed by atoms with van der Waals surface area (Å²) in [7, 11) is 3.90. The van der Waals surface area contributed by atoms with E-state index in [0.29, 0.717) is 30.0 Å². The summed E-state index contributed by atoms with van der Waals surface area (Å²) in [6.45, 7) is 7.25. The number of carbonyl (C=O) groups excluding carboxylic acids is 2. The molecule has 2 amide bonds. The second-order valence-electron chi connectivity index (χ2n) is 6.07. The van der Waals surface area contributed by atoms with Crippen LogP contribution >= 0.6 is 0 Å². The Kier molecular flexibility index (Phi) is 5.97. The van der Waals surface area contributed by atoms with Crippen LogP contribution in [0.5, 0.6) is 0 Å². The number of hydrogen-bond acceptors (Lipinski definition) is 5. The van der Waals surface area contributed by atoms with Gasteiger partial charge in [0, 0.05) is 24.5 Å². The Morgan fingerprint density at radius 3 is 2.72 bits per heavy atom. The molecule has 1 aliphatic heterocycles. The number of carbonyl (C=O) groups is 2. The monoisotopic (exact) mass is 347 g/mol. The van der Waals surface area contributed by atoms with Gasteiger partial charge in [-0.1, -0.05) is 0 Å². The van der Waals surface area contributed by atoms with Crippen LogP contribution in [-0.4, -0.2) is 61.4 Å². The van der Waals surface area contributed by atoms with Gasteiger partial charge in [0.25, 0.3) is 11.8 Å². The lowest BCUT2D eigenvalue weighted by Gasteiger charge is -2.10. The van der Waals surface area contributed by atoms with E-state index < -0.39 is 0 Å². The predicted molar refractivity (Wildman–Crippen MR) is 96.3 cm³/mol. The van der Waals surface area contributed by atoms with Crippen LogP contribution in [0, 0.1) is 13.8 Å². The van der Waals surface area contributed by atoms with Gasteiger partial charge in [0.15, 0.2) is 0 Å². The number of nitrogens with zero attached hydrogens (tertiary/aromatic N) is 2. The first-order chi connectivity index (χ1) is 11.8. The van der Waals surface area contributed by atoms with E-state index in [1.54, 1.807) is 6.08 Å². The molecule has 8 heteroatoms. The fourth-order valence-electron chi connectivity index (χ4n) is 2.58. The van der Waals surface area contributed by atoms with Crippen LogP contribution in [0.1, 0.15) is 34.2 Å². The lowest BCUT2D eigenvalue weighted by Crippen LogP contribution is -2.31. The third-order valence-electron chi connectivity index (χ3n) is 3.85. The number of aromatic nitrogens is 1. The highest BCUT2D eigenvalue weighted by atomic mass is 16.5. The van der Waals surface area contributed by atoms with Crippen LogP contribution in [-0.2, 0) is 9.53 Å². The summed E-state index contributed by atoms with van der Waals surface area (Å²) in [4.78, 5) is 29.6. The maximum absolute atomic E-state index is 12.5. The van der Waals surface area contributed by atoms with Crippen molar-refractivity contribution in [3.8, 4) is 0 Å². The van der Waals surface area contributed by atoms with Gasteiger partial charge in [-0.15, -0.1) is 5.10 Å². The van der Waals surface area contributed by atoms with Gasteiger partial charge in [-0.3, -0.25) is 9.59 Å². The van der Waals surface area contributed by atoms with Crippen LogP contribution in [0.4, 0.5) is 0 Å². The SMILES string of the molecule is CCOC1=NNC(=O)/C1=C/c1[nH]c(C)c(C(=O)NCCN(C)C)c1C. The molecule has 0 aromatic carbocycles. The fraction of sp³-hybridized carbons (Fsp3) is 0.471. The molecule has 2 rings (SSSR count). The van der Waals surface area contributed by atoms with Gasteiger partial charge in [0.1, 0.15) is 5.57 Å². The van der Waals surface area contributed by atoms with Crippen molar-refractivity contribution in [2.24, 2.45) is 5.10 Å². The van der Waals surface area contributed by atoms with Crippen molar-refractivity contribution in [1.82, 2.24) is 20.6 Å². The molecule has 8 nitrogen and oxygen atoms in total. The molecule has 2 heterocycles. The molecule has 0 saturated carbocycles. The van der Waals surface area contributed by atoms with Crippen LogP contribution in [0.25, 0.3) is 6.08 Å². The molecular weight excluding hydrogens is 322 g/mol. The summed E-state index contributed by atoms with van der Waals surface area (Å²) >= 11 is 0. The Morgan fingerprint density at radius 1 is 1.36 bits per heavy atom. The molecule has 1 aromatic heterocycles. The van der Waals surface area contributed by atoms with Crippen LogP contribution in [0.2, 0.25) is 0 Å². The Balaban J connectivity index is 2.24. The van der Waals surface area contributed by atoms with E-state index in [9.17, 15) is 9.59 Å². The first kappa shape index (κ1) is 18.7. The van der Waals surface area contributed by atoms with E-state index in [0.717, 1.165) is 17.8 Å². The van der Waals surface area contributed by atoms with E-state index in [4.69, 9.17) is 4.74 Å². The van der Waals surface area contributed by atoms with E-state index in [-0.39, 0.29) is 17.7 Å². The lowest BCUT2D eigenvalue weighted by molar-refractivity contribution is -0.116. The van der Waals surface area contributed by atoms with Crippen molar-refractivity contribution in [3.05, 3.63) is 28.1 Å². The number of rotatable bonds is 6. The van der Waals surface area contributed by atoms with Gasteiger partial charge < -0.3 is 19.9 Å². The van der Waals surface area contributed by atoms with Crippen molar-refractivity contribution < 1.29 is 14.3 Å².